The topological polar surface area (TPSA) is 59.2 Å². The number of aromatic nitrogens is 2. The molecule has 1 atom stereocenters. The minimum atomic E-state index is -2.77. The molecule has 20 heavy (non-hydrogen) atoms. The zero-order valence-electron chi connectivity index (χ0n) is 10.9. The highest BCUT2D eigenvalue weighted by atomic mass is 32.2. The number of rotatable bonds is 5. The Morgan fingerprint density at radius 3 is 2.45 bits per heavy atom. The second-order valence-corrected chi connectivity index (χ2v) is 5.62. The van der Waals surface area contributed by atoms with Crippen molar-refractivity contribution in [3.05, 3.63) is 35.7 Å². The first kappa shape index (κ1) is 14.7. The van der Waals surface area contributed by atoms with E-state index in [-0.39, 0.29) is 5.89 Å². The van der Waals surface area contributed by atoms with Gasteiger partial charge < -0.3 is 4.42 Å². The van der Waals surface area contributed by atoms with Crippen LogP contribution in [-0.2, 0) is 17.5 Å². The van der Waals surface area contributed by atoms with Gasteiger partial charge in [0.15, 0.2) is 0 Å². The van der Waals surface area contributed by atoms with Crippen LogP contribution < -0.4 is 0 Å². The number of halogens is 2. The Hall–Kier alpha value is -1.67. The van der Waals surface area contributed by atoms with Gasteiger partial charge in [-0.05, 0) is 17.7 Å². The second kappa shape index (κ2) is 6.19. The fourth-order valence-corrected chi connectivity index (χ4v) is 1.87. The van der Waals surface area contributed by atoms with Crippen molar-refractivity contribution < 1.29 is 17.4 Å². The summed E-state index contributed by atoms with van der Waals surface area (Å²) in [4.78, 5) is 0. The maximum Gasteiger partial charge on any atom is 0.314 e. The van der Waals surface area contributed by atoms with Crippen LogP contribution >= 0.6 is 0 Å². The van der Waals surface area contributed by atoms with E-state index < -0.39 is 23.3 Å². The average Bonchev–Trinajstić information content (AvgIpc) is 2.89. The van der Waals surface area contributed by atoms with Crippen molar-refractivity contribution in [3.63, 3.8) is 0 Å². The highest BCUT2D eigenvalue weighted by Crippen LogP contribution is 2.23. The van der Waals surface area contributed by atoms with E-state index in [0.29, 0.717) is 12.1 Å². The van der Waals surface area contributed by atoms with Gasteiger partial charge in [0.05, 0.1) is 11.0 Å². The lowest BCUT2D eigenvalue weighted by Crippen LogP contribution is -2.19. The Morgan fingerprint density at radius 2 is 1.95 bits per heavy atom. The minimum Gasteiger partial charge on any atom is -0.415 e. The van der Waals surface area contributed by atoms with Crippen molar-refractivity contribution in [2.24, 2.45) is 0 Å². The molecular weight excluding hydrogens is 288 g/mol. The van der Waals surface area contributed by atoms with Crippen LogP contribution in [0.4, 0.5) is 8.78 Å². The van der Waals surface area contributed by atoms with Gasteiger partial charge in [0.2, 0.25) is 5.89 Å². The van der Waals surface area contributed by atoms with Crippen LogP contribution in [0.3, 0.4) is 0 Å². The van der Waals surface area contributed by atoms with Crippen LogP contribution in [0.25, 0.3) is 11.5 Å². The van der Waals surface area contributed by atoms with Gasteiger partial charge in [0.25, 0.3) is 5.89 Å². The normalized spacial score (nSPS) is 13.1. The molecule has 0 bridgehead atoms. The predicted molar refractivity (Wildman–Crippen MR) is 70.2 cm³/mol. The molecule has 1 unspecified atom stereocenters. The molecule has 0 radical (unpaired) electrons. The number of nitrogens with zero attached hydrogens (tertiary/aromatic N) is 3. The molecule has 0 saturated heterocycles. The number of alkyl halides is 2. The molecule has 1 aromatic carbocycles. The Morgan fingerprint density at radius 1 is 1.30 bits per heavy atom. The summed E-state index contributed by atoms with van der Waals surface area (Å²) in [5.74, 6) is -0.635. The van der Waals surface area contributed by atoms with Gasteiger partial charge in [-0.1, -0.05) is 12.1 Å². The quantitative estimate of drug-likeness (QED) is 0.851. The molecule has 0 spiro atoms. The van der Waals surface area contributed by atoms with Gasteiger partial charge >= 0.3 is 6.43 Å². The standard InChI is InChI=1S/C12H13F2N3O2S/c1-17(20(2)18)7-8-3-5-9(6-4-8)11-15-16-12(19-11)10(13)14/h3-6,10H,7H2,1-2H3. The van der Waals surface area contributed by atoms with Gasteiger partial charge in [-0.15, -0.1) is 10.2 Å². The third-order valence-corrected chi connectivity index (χ3v) is 3.68. The van der Waals surface area contributed by atoms with Crippen molar-refractivity contribution >= 4 is 11.0 Å². The van der Waals surface area contributed by atoms with Crippen LogP contribution in [0.15, 0.2) is 28.7 Å². The fourth-order valence-electron chi connectivity index (χ4n) is 1.54. The minimum absolute atomic E-state index is 0.0549. The number of benzene rings is 1. The number of hydrogen-bond donors (Lipinski definition) is 0. The molecule has 8 heteroatoms. The van der Waals surface area contributed by atoms with Gasteiger partial charge in [0.1, 0.15) is 0 Å². The lowest BCUT2D eigenvalue weighted by molar-refractivity contribution is 0.116. The molecular formula is C12H13F2N3O2S. The van der Waals surface area contributed by atoms with E-state index in [2.05, 4.69) is 10.2 Å². The monoisotopic (exact) mass is 301 g/mol. The molecule has 0 saturated carbocycles. The van der Waals surface area contributed by atoms with Crippen LogP contribution in [-0.4, -0.2) is 32.0 Å². The van der Waals surface area contributed by atoms with Crippen LogP contribution in [0.5, 0.6) is 0 Å². The van der Waals surface area contributed by atoms with E-state index in [4.69, 9.17) is 4.42 Å². The molecule has 2 aromatic rings. The Kier molecular flexibility index (Phi) is 4.56. The van der Waals surface area contributed by atoms with E-state index in [1.165, 1.54) is 0 Å². The fraction of sp³-hybridized carbons (Fsp3) is 0.333. The molecule has 0 aliphatic heterocycles. The first-order valence-corrected chi connectivity index (χ1v) is 7.24. The molecule has 0 N–H and O–H groups in total. The molecule has 0 aliphatic rings. The van der Waals surface area contributed by atoms with Gasteiger partial charge in [-0.2, -0.15) is 8.78 Å². The summed E-state index contributed by atoms with van der Waals surface area (Å²) in [6.45, 7) is 0.523. The molecule has 1 heterocycles. The summed E-state index contributed by atoms with van der Waals surface area (Å²) in [5.41, 5.74) is 1.51. The maximum atomic E-state index is 12.3. The van der Waals surface area contributed by atoms with Crippen LogP contribution in [0, 0.1) is 0 Å². The molecule has 0 aliphatic carbocycles. The maximum absolute atomic E-state index is 12.3. The second-order valence-electron chi connectivity index (χ2n) is 4.15. The Balaban J connectivity index is 2.13. The third kappa shape index (κ3) is 3.45. The van der Waals surface area contributed by atoms with Crippen molar-refractivity contribution in [2.75, 3.05) is 13.3 Å². The van der Waals surface area contributed by atoms with Crippen LogP contribution in [0.1, 0.15) is 17.9 Å². The number of hydrogen-bond acceptors (Lipinski definition) is 4. The largest absolute Gasteiger partial charge is 0.415 e. The summed E-state index contributed by atoms with van der Waals surface area (Å²) in [7, 11) is 0.702. The van der Waals surface area contributed by atoms with Crippen molar-refractivity contribution in [3.8, 4) is 11.5 Å². The van der Waals surface area contributed by atoms with E-state index in [0.717, 1.165) is 5.56 Å². The summed E-state index contributed by atoms with van der Waals surface area (Å²) in [6.07, 6.45) is -1.18. The summed E-state index contributed by atoms with van der Waals surface area (Å²) < 4.78 is 42.5. The van der Waals surface area contributed by atoms with Crippen molar-refractivity contribution in [1.29, 1.82) is 0 Å². The molecule has 5 nitrogen and oxygen atoms in total. The molecule has 1 aromatic heterocycles. The molecule has 0 fully saturated rings. The molecule has 2 rings (SSSR count). The third-order valence-electron chi connectivity index (χ3n) is 2.67. The van der Waals surface area contributed by atoms with E-state index in [1.54, 1.807) is 41.9 Å². The SMILES string of the molecule is CN(Cc1ccc(-c2nnc(C(F)F)o2)cc1)S(C)=O. The van der Waals surface area contributed by atoms with E-state index in [1.807, 2.05) is 0 Å². The van der Waals surface area contributed by atoms with Gasteiger partial charge in [0, 0.05) is 25.4 Å². The summed E-state index contributed by atoms with van der Waals surface area (Å²) in [6, 6.07) is 6.99. The first-order chi connectivity index (χ1) is 9.47. The zero-order chi connectivity index (χ0) is 14.7. The highest BCUT2D eigenvalue weighted by Gasteiger charge is 2.16. The summed E-state index contributed by atoms with van der Waals surface area (Å²) in [5, 5.41) is 6.84. The molecule has 0 amide bonds. The lowest BCUT2D eigenvalue weighted by atomic mass is 10.1. The smallest absolute Gasteiger partial charge is 0.314 e. The predicted octanol–water partition coefficient (Wildman–Crippen LogP) is 2.40. The van der Waals surface area contributed by atoms with Gasteiger partial charge in [-0.3, -0.25) is 0 Å². The van der Waals surface area contributed by atoms with Crippen molar-refractivity contribution in [1.82, 2.24) is 14.5 Å². The molecule has 108 valence electrons. The lowest BCUT2D eigenvalue weighted by Gasteiger charge is -2.12. The Bertz CT molecular complexity index is 601. The van der Waals surface area contributed by atoms with E-state index in [9.17, 15) is 13.0 Å². The first-order valence-electron chi connectivity index (χ1n) is 5.73. The van der Waals surface area contributed by atoms with Crippen molar-refractivity contribution in [2.45, 2.75) is 13.0 Å². The van der Waals surface area contributed by atoms with Gasteiger partial charge in [-0.25, -0.2) is 8.51 Å². The average molecular weight is 301 g/mol. The highest BCUT2D eigenvalue weighted by molar-refractivity contribution is 7.81. The Labute approximate surface area is 117 Å². The zero-order valence-corrected chi connectivity index (χ0v) is 11.7. The van der Waals surface area contributed by atoms with Crippen LogP contribution in [0.2, 0.25) is 0 Å². The summed E-state index contributed by atoms with van der Waals surface area (Å²) >= 11 is 0. The van der Waals surface area contributed by atoms with E-state index >= 15 is 0 Å².